The number of rotatable bonds is 8. The van der Waals surface area contributed by atoms with E-state index in [1.54, 1.807) is 0 Å². The average Bonchev–Trinajstić information content (AvgIpc) is 2.31. The Labute approximate surface area is 234 Å². The molecule has 0 bridgehead atoms. The van der Waals surface area contributed by atoms with Crippen LogP contribution in [0.5, 0.6) is 0 Å². The van der Waals surface area contributed by atoms with Crippen molar-refractivity contribution in [2.45, 2.75) is 38.8 Å². The smallest absolute Gasteiger partial charge is 1.00 e. The molecule has 156 valence electrons. The number of hydrogen-bond donors (Lipinski definition) is 4. The van der Waals surface area contributed by atoms with Gasteiger partial charge in [0.05, 0.1) is 22.6 Å². The van der Waals surface area contributed by atoms with Crippen molar-refractivity contribution in [3.63, 3.8) is 0 Å². The number of amides is 2. The Bertz CT molecular complexity index is 696. The van der Waals surface area contributed by atoms with Gasteiger partial charge in [-0.15, -0.1) is 0 Å². The van der Waals surface area contributed by atoms with Crippen LogP contribution in [-0.2, 0) is 29.8 Å². The molecule has 0 aliphatic carbocycles. The maximum absolute atomic E-state index is 10.8. The monoisotopic (exact) mass is 478 g/mol. The summed E-state index contributed by atoms with van der Waals surface area (Å²) in [5.74, 6) is -2.01. The zero-order valence-electron chi connectivity index (χ0n) is 19.1. The van der Waals surface area contributed by atoms with Crippen molar-refractivity contribution in [3.8, 4) is 0 Å². The SMILES string of the molecule is C=CC(=O)NC(C)(C)CS(=O)(=O)O.C=CC(=O)NC(C)(C)CS(=O)(=O)O.[H-].[H-].[K+].[Na+]. The Morgan fingerprint density at radius 1 is 0.857 bits per heavy atom. The van der Waals surface area contributed by atoms with Crippen molar-refractivity contribution in [1.29, 1.82) is 0 Å². The second-order valence-corrected chi connectivity index (χ2v) is 9.51. The van der Waals surface area contributed by atoms with Gasteiger partial charge in [-0.3, -0.25) is 18.7 Å². The van der Waals surface area contributed by atoms with E-state index in [0.29, 0.717) is 0 Å². The summed E-state index contributed by atoms with van der Waals surface area (Å²) < 4.78 is 59.0. The fourth-order valence-corrected chi connectivity index (χ4v) is 3.72. The Kier molecular flexibility index (Phi) is 19.2. The van der Waals surface area contributed by atoms with E-state index < -0.39 is 54.6 Å². The summed E-state index contributed by atoms with van der Waals surface area (Å²) in [6.07, 6.45) is 2.07. The van der Waals surface area contributed by atoms with Crippen molar-refractivity contribution >= 4 is 32.1 Å². The summed E-state index contributed by atoms with van der Waals surface area (Å²) in [6, 6.07) is 0. The fraction of sp³-hybridized carbons (Fsp3) is 0.571. The minimum absolute atomic E-state index is 0. The van der Waals surface area contributed by atoms with Gasteiger partial charge in [0.2, 0.25) is 11.8 Å². The zero-order chi connectivity index (χ0) is 21.4. The molecule has 4 N–H and O–H groups in total. The summed E-state index contributed by atoms with van der Waals surface area (Å²) in [5, 5.41) is 4.73. The third-order valence-electron chi connectivity index (χ3n) is 2.38. The first-order valence-electron chi connectivity index (χ1n) is 7.12. The van der Waals surface area contributed by atoms with Crippen molar-refractivity contribution in [2.24, 2.45) is 0 Å². The van der Waals surface area contributed by atoms with Crippen LogP contribution < -0.4 is 91.6 Å². The summed E-state index contributed by atoms with van der Waals surface area (Å²) in [6.45, 7) is 12.4. The van der Waals surface area contributed by atoms with Crippen LogP contribution in [-0.4, -0.2) is 60.3 Å². The maximum atomic E-state index is 10.8. The molecule has 0 heterocycles. The molecule has 0 aromatic rings. The molecule has 0 spiro atoms. The van der Waals surface area contributed by atoms with Crippen LogP contribution in [0.1, 0.15) is 30.5 Å². The molecule has 0 unspecified atom stereocenters. The number of nitrogens with one attached hydrogen (secondary N) is 2. The molecule has 28 heavy (non-hydrogen) atoms. The third-order valence-corrected chi connectivity index (χ3v) is 4.55. The predicted molar refractivity (Wildman–Crippen MR) is 99.9 cm³/mol. The average molecular weight is 479 g/mol. The van der Waals surface area contributed by atoms with Crippen molar-refractivity contribution in [2.75, 3.05) is 11.5 Å². The van der Waals surface area contributed by atoms with Crippen LogP contribution in [0.4, 0.5) is 0 Å². The quantitative estimate of drug-likeness (QED) is 0.152. The van der Waals surface area contributed by atoms with Gasteiger partial charge in [-0.2, -0.15) is 16.8 Å². The van der Waals surface area contributed by atoms with Crippen molar-refractivity contribution < 1.29 is 119 Å². The molecule has 0 rings (SSSR count). The summed E-state index contributed by atoms with van der Waals surface area (Å²) in [7, 11) is -8.17. The van der Waals surface area contributed by atoms with E-state index >= 15 is 0 Å². The second kappa shape index (κ2) is 14.8. The molecule has 0 aromatic heterocycles. The molecule has 10 nitrogen and oxygen atoms in total. The molecule has 0 saturated heterocycles. The first-order chi connectivity index (χ1) is 11.3. The Morgan fingerprint density at radius 3 is 1.21 bits per heavy atom. The number of carbonyl (C=O) groups excluding carboxylic acids is 2. The van der Waals surface area contributed by atoms with Crippen molar-refractivity contribution in [1.82, 2.24) is 10.6 Å². The normalized spacial score (nSPS) is 11.4. The summed E-state index contributed by atoms with van der Waals surface area (Å²) in [5.41, 5.74) is -2.00. The number of carbonyl (C=O) groups is 2. The summed E-state index contributed by atoms with van der Waals surface area (Å²) in [4.78, 5) is 21.6. The molecule has 2 amide bonds. The minimum atomic E-state index is -4.08. The molecular formula is C14H28KN2NaO8S2. The molecule has 0 fully saturated rings. The van der Waals surface area contributed by atoms with Gasteiger partial charge in [-0.05, 0) is 39.8 Å². The van der Waals surface area contributed by atoms with Crippen LogP contribution in [0.3, 0.4) is 0 Å². The molecular weight excluding hydrogens is 450 g/mol. The summed E-state index contributed by atoms with van der Waals surface area (Å²) >= 11 is 0. The fourth-order valence-electron chi connectivity index (χ4n) is 1.75. The Hall–Kier alpha value is 0.876. The van der Waals surface area contributed by atoms with E-state index in [-0.39, 0.29) is 83.8 Å². The number of hydrogen-bond acceptors (Lipinski definition) is 6. The Balaban J connectivity index is -0.0000000847. The van der Waals surface area contributed by atoms with Crippen LogP contribution >= 0.6 is 0 Å². The molecule has 14 heteroatoms. The molecule has 0 radical (unpaired) electrons. The second-order valence-electron chi connectivity index (χ2n) is 6.61. The molecule has 0 aliphatic heterocycles. The first-order valence-corrected chi connectivity index (χ1v) is 10.3. The van der Waals surface area contributed by atoms with Gasteiger partial charge in [-0.1, -0.05) is 13.2 Å². The van der Waals surface area contributed by atoms with Gasteiger partial charge in [0, 0.05) is 0 Å². The molecule has 0 aromatic carbocycles. The third kappa shape index (κ3) is 24.9. The van der Waals surface area contributed by atoms with Gasteiger partial charge in [0.15, 0.2) is 0 Å². The van der Waals surface area contributed by atoms with Crippen LogP contribution in [0.25, 0.3) is 0 Å². The minimum Gasteiger partial charge on any atom is -1.00 e. The van der Waals surface area contributed by atoms with E-state index in [2.05, 4.69) is 23.8 Å². The van der Waals surface area contributed by atoms with Gasteiger partial charge in [-0.25, -0.2) is 0 Å². The molecule has 0 atom stereocenters. The van der Waals surface area contributed by atoms with Gasteiger partial charge in [0.25, 0.3) is 20.2 Å². The van der Waals surface area contributed by atoms with Gasteiger partial charge in [0.1, 0.15) is 0 Å². The van der Waals surface area contributed by atoms with Gasteiger partial charge < -0.3 is 13.5 Å². The maximum Gasteiger partial charge on any atom is 1.00 e. The predicted octanol–water partition coefficient (Wildman–Crippen LogP) is -5.86. The van der Waals surface area contributed by atoms with Crippen LogP contribution in [0, 0.1) is 0 Å². The topological polar surface area (TPSA) is 167 Å². The zero-order valence-corrected chi connectivity index (χ0v) is 23.9. The first kappa shape index (κ1) is 36.3. The Morgan fingerprint density at radius 2 is 1.07 bits per heavy atom. The van der Waals surface area contributed by atoms with Crippen LogP contribution in [0.15, 0.2) is 25.3 Å². The molecule has 0 aliphatic rings. The van der Waals surface area contributed by atoms with Crippen LogP contribution in [0.2, 0.25) is 0 Å². The van der Waals surface area contributed by atoms with E-state index in [1.165, 1.54) is 27.7 Å². The standard InChI is InChI=1S/2C7H13NO4S.K.Na.2H/c2*1-4-6(9)8-7(2,3)5-13(10,11)12;;;;/h2*4H,1,5H2,2-3H3,(H,8,9)(H,10,11,12);;;;/q;;2*+1;2*-1. The largest absolute Gasteiger partial charge is 1.00 e. The van der Waals surface area contributed by atoms with E-state index in [4.69, 9.17) is 9.11 Å². The molecule has 0 saturated carbocycles. The van der Waals surface area contributed by atoms with Gasteiger partial charge >= 0.3 is 80.9 Å². The van der Waals surface area contributed by atoms with E-state index in [0.717, 1.165) is 12.2 Å². The van der Waals surface area contributed by atoms with Crippen molar-refractivity contribution in [3.05, 3.63) is 25.3 Å². The van der Waals surface area contributed by atoms with E-state index in [1.807, 2.05) is 0 Å². The van der Waals surface area contributed by atoms with E-state index in [9.17, 15) is 26.4 Å².